The summed E-state index contributed by atoms with van der Waals surface area (Å²) >= 11 is 0. The van der Waals surface area contributed by atoms with Crippen LogP contribution in [0.5, 0.6) is 0 Å². The van der Waals surface area contributed by atoms with Crippen molar-refractivity contribution in [2.45, 2.75) is 0 Å². The summed E-state index contributed by atoms with van der Waals surface area (Å²) in [5.74, 6) is 0.677. The minimum atomic E-state index is -0.347. The number of carbonyl (C=O) groups is 1. The Morgan fingerprint density at radius 2 is 1.67 bits per heavy atom. The van der Waals surface area contributed by atoms with E-state index >= 15 is 0 Å². The first-order valence-corrected chi connectivity index (χ1v) is 11.3. The molecular formula is C28H19N5O3. The highest BCUT2D eigenvalue weighted by Crippen LogP contribution is 2.26. The molecule has 0 atom stereocenters. The van der Waals surface area contributed by atoms with Crippen LogP contribution in [0.3, 0.4) is 0 Å². The Kier molecular flexibility index (Phi) is 5.23. The zero-order chi connectivity index (χ0) is 24.5. The van der Waals surface area contributed by atoms with Crippen molar-refractivity contribution in [2.75, 3.05) is 5.32 Å². The van der Waals surface area contributed by atoms with Crippen LogP contribution in [0.4, 0.5) is 5.82 Å². The van der Waals surface area contributed by atoms with Gasteiger partial charge in [0.25, 0.3) is 11.5 Å². The molecule has 8 nitrogen and oxygen atoms in total. The SMILES string of the molecule is O=C(Nc1cc(-c2ccco2)nn1-c1nc(-c2ccccc2)cc(=O)[nH]1)c1cccc2ccccc12. The fraction of sp³-hybridized carbons (Fsp3) is 0. The highest BCUT2D eigenvalue weighted by Gasteiger charge is 2.19. The summed E-state index contributed by atoms with van der Waals surface area (Å²) in [6, 6.07) is 29.2. The fourth-order valence-corrected chi connectivity index (χ4v) is 4.09. The Labute approximate surface area is 204 Å². The lowest BCUT2D eigenvalue weighted by Crippen LogP contribution is -2.19. The molecule has 6 rings (SSSR count). The molecule has 6 aromatic rings. The monoisotopic (exact) mass is 473 g/mol. The van der Waals surface area contributed by atoms with Gasteiger partial charge in [0, 0.05) is 23.3 Å². The van der Waals surface area contributed by atoms with Crippen LogP contribution in [0.15, 0.2) is 113 Å². The van der Waals surface area contributed by atoms with Gasteiger partial charge in [-0.05, 0) is 29.0 Å². The third kappa shape index (κ3) is 3.97. The first kappa shape index (κ1) is 21.3. The van der Waals surface area contributed by atoms with Crippen LogP contribution >= 0.6 is 0 Å². The van der Waals surface area contributed by atoms with Gasteiger partial charge in [-0.25, -0.2) is 4.98 Å². The van der Waals surface area contributed by atoms with E-state index in [0.29, 0.717) is 28.5 Å². The van der Waals surface area contributed by atoms with Gasteiger partial charge in [0.05, 0.1) is 12.0 Å². The first-order valence-electron chi connectivity index (χ1n) is 11.3. The van der Waals surface area contributed by atoms with E-state index in [1.165, 1.54) is 10.7 Å². The van der Waals surface area contributed by atoms with Crippen LogP contribution in [0.25, 0.3) is 39.4 Å². The zero-order valence-electron chi connectivity index (χ0n) is 18.9. The van der Waals surface area contributed by atoms with Gasteiger partial charge < -0.3 is 9.73 Å². The molecule has 0 aliphatic heterocycles. The number of rotatable bonds is 5. The third-order valence-corrected chi connectivity index (χ3v) is 5.76. The lowest BCUT2D eigenvalue weighted by molar-refractivity contribution is 0.102. The molecule has 3 aromatic heterocycles. The highest BCUT2D eigenvalue weighted by atomic mass is 16.3. The summed E-state index contributed by atoms with van der Waals surface area (Å²) in [6.07, 6.45) is 1.54. The highest BCUT2D eigenvalue weighted by molar-refractivity contribution is 6.12. The van der Waals surface area contributed by atoms with Crippen molar-refractivity contribution in [1.82, 2.24) is 19.7 Å². The quantitative estimate of drug-likeness (QED) is 0.354. The number of H-pyrrole nitrogens is 1. The summed E-state index contributed by atoms with van der Waals surface area (Å²) in [5, 5.41) is 9.30. The molecular weight excluding hydrogens is 454 g/mol. The molecule has 36 heavy (non-hydrogen) atoms. The number of nitrogens with one attached hydrogen (secondary N) is 2. The van der Waals surface area contributed by atoms with E-state index in [4.69, 9.17) is 4.42 Å². The molecule has 3 aromatic carbocycles. The van der Waals surface area contributed by atoms with Crippen LogP contribution < -0.4 is 10.9 Å². The number of aromatic nitrogens is 4. The van der Waals surface area contributed by atoms with E-state index in [9.17, 15) is 9.59 Å². The summed E-state index contributed by atoms with van der Waals surface area (Å²) < 4.78 is 6.90. The zero-order valence-corrected chi connectivity index (χ0v) is 18.9. The van der Waals surface area contributed by atoms with Gasteiger partial charge >= 0.3 is 0 Å². The number of hydrogen-bond donors (Lipinski definition) is 2. The second kappa shape index (κ2) is 8.84. The molecule has 8 heteroatoms. The number of carbonyl (C=O) groups excluding carboxylic acids is 1. The Morgan fingerprint density at radius 3 is 2.50 bits per heavy atom. The van der Waals surface area contributed by atoms with Crippen molar-refractivity contribution in [2.24, 2.45) is 0 Å². The Bertz CT molecular complexity index is 1750. The van der Waals surface area contributed by atoms with Crippen LogP contribution in [-0.2, 0) is 0 Å². The van der Waals surface area contributed by atoms with Crippen molar-refractivity contribution in [3.05, 3.63) is 119 Å². The number of benzene rings is 3. The molecule has 0 aliphatic carbocycles. The summed E-state index contributed by atoms with van der Waals surface area (Å²) in [5.41, 5.74) is 1.90. The van der Waals surface area contributed by atoms with Crippen LogP contribution in [-0.4, -0.2) is 25.7 Å². The molecule has 0 fully saturated rings. The smallest absolute Gasteiger partial charge is 0.257 e. The van der Waals surface area contributed by atoms with Gasteiger partial charge in [0.2, 0.25) is 5.95 Å². The molecule has 0 aliphatic rings. The van der Waals surface area contributed by atoms with E-state index in [2.05, 4.69) is 20.4 Å². The van der Waals surface area contributed by atoms with E-state index in [-0.39, 0.29) is 17.4 Å². The summed E-state index contributed by atoms with van der Waals surface area (Å²) in [6.45, 7) is 0. The molecule has 2 N–H and O–H groups in total. The molecule has 0 bridgehead atoms. The Morgan fingerprint density at radius 1 is 0.861 bits per heavy atom. The summed E-state index contributed by atoms with van der Waals surface area (Å²) in [4.78, 5) is 33.3. The number of hydrogen-bond acceptors (Lipinski definition) is 5. The predicted molar refractivity (Wildman–Crippen MR) is 137 cm³/mol. The number of anilines is 1. The molecule has 0 spiro atoms. The minimum Gasteiger partial charge on any atom is -0.463 e. The molecule has 3 heterocycles. The van der Waals surface area contributed by atoms with Crippen molar-refractivity contribution < 1.29 is 9.21 Å². The minimum absolute atomic E-state index is 0.160. The van der Waals surface area contributed by atoms with Crippen LogP contribution in [0.1, 0.15) is 10.4 Å². The number of aromatic amines is 1. The Balaban J connectivity index is 1.46. The van der Waals surface area contributed by atoms with E-state index in [1.54, 1.807) is 30.5 Å². The lowest BCUT2D eigenvalue weighted by Gasteiger charge is -2.10. The van der Waals surface area contributed by atoms with E-state index in [0.717, 1.165) is 16.3 Å². The van der Waals surface area contributed by atoms with Gasteiger partial charge in [-0.15, -0.1) is 0 Å². The van der Waals surface area contributed by atoms with Crippen molar-refractivity contribution in [3.8, 4) is 28.7 Å². The van der Waals surface area contributed by atoms with Gasteiger partial charge in [-0.2, -0.15) is 9.78 Å². The first-order chi connectivity index (χ1) is 17.7. The molecule has 0 unspecified atom stereocenters. The van der Waals surface area contributed by atoms with Gasteiger partial charge in [-0.1, -0.05) is 66.7 Å². The normalized spacial score (nSPS) is 11.0. The third-order valence-electron chi connectivity index (χ3n) is 5.76. The van der Waals surface area contributed by atoms with Gasteiger partial charge in [0.15, 0.2) is 5.76 Å². The largest absolute Gasteiger partial charge is 0.463 e. The van der Waals surface area contributed by atoms with Gasteiger partial charge in [-0.3, -0.25) is 14.6 Å². The molecule has 0 radical (unpaired) electrons. The molecule has 1 amide bonds. The van der Waals surface area contributed by atoms with Crippen molar-refractivity contribution >= 4 is 22.5 Å². The Hall–Kier alpha value is -5.24. The fourth-order valence-electron chi connectivity index (χ4n) is 4.09. The maximum absolute atomic E-state index is 13.4. The lowest BCUT2D eigenvalue weighted by atomic mass is 10.0. The van der Waals surface area contributed by atoms with Crippen molar-refractivity contribution in [1.29, 1.82) is 0 Å². The summed E-state index contributed by atoms with van der Waals surface area (Å²) in [7, 11) is 0. The van der Waals surface area contributed by atoms with Crippen LogP contribution in [0, 0.1) is 0 Å². The van der Waals surface area contributed by atoms with E-state index in [1.807, 2.05) is 66.7 Å². The number of fused-ring (bicyclic) bond motifs is 1. The number of amides is 1. The number of furan rings is 1. The average Bonchev–Trinajstić information content (AvgIpc) is 3.59. The van der Waals surface area contributed by atoms with Gasteiger partial charge in [0.1, 0.15) is 11.5 Å². The maximum Gasteiger partial charge on any atom is 0.257 e. The number of nitrogens with zero attached hydrogens (tertiary/aromatic N) is 3. The molecule has 174 valence electrons. The van der Waals surface area contributed by atoms with Crippen LogP contribution in [0.2, 0.25) is 0 Å². The second-order valence-electron chi connectivity index (χ2n) is 8.11. The van der Waals surface area contributed by atoms with Crippen molar-refractivity contribution in [3.63, 3.8) is 0 Å². The standard InChI is InChI=1S/C28H19N5O3/c34-26-17-22(19-9-2-1-3-10-19)29-28(31-26)33-25(16-23(32-33)24-14-7-15-36-24)30-27(35)21-13-6-11-18-8-4-5-12-20(18)21/h1-17H,(H,30,35)(H,29,31,34). The molecule has 0 saturated heterocycles. The second-order valence-corrected chi connectivity index (χ2v) is 8.11. The maximum atomic E-state index is 13.4. The predicted octanol–water partition coefficient (Wildman–Crippen LogP) is 5.29. The van der Waals surface area contributed by atoms with E-state index < -0.39 is 0 Å². The average molecular weight is 473 g/mol. The topological polar surface area (TPSA) is 106 Å². The molecule has 0 saturated carbocycles.